The van der Waals surface area contributed by atoms with Gasteiger partial charge in [-0.1, -0.05) is 72.4 Å². The number of benzene rings is 5. The summed E-state index contributed by atoms with van der Waals surface area (Å²) in [6.45, 7) is 6.09. The third kappa shape index (κ3) is 10.2. The van der Waals surface area contributed by atoms with E-state index in [-0.39, 0.29) is 41.0 Å². The molecule has 7 aromatic rings. The molecule has 8 rings (SSSR count). The number of aromatic nitrogens is 2. The van der Waals surface area contributed by atoms with Crippen LogP contribution in [0.1, 0.15) is 24.8 Å². The SMILES string of the molecule is CN(CCCN(C)CCC[n+]1c(-c2ccccc2)c2cc(N)ccc2c2ccc(N)cc21)CCC[n+]1ccc(C=CC=C2Sc3ccccc3N2C)c2ccccc21.[Br-].[I-]. The van der Waals surface area contributed by atoms with Gasteiger partial charge < -0.3 is 67.1 Å². The number of allylic oxidation sites excluding steroid dienone is 2. The van der Waals surface area contributed by atoms with E-state index >= 15 is 0 Å². The number of thioether (sulfide) groups is 1. The summed E-state index contributed by atoms with van der Waals surface area (Å²) in [6.07, 6.45) is 12.2. The molecule has 2 aromatic heterocycles. The molecule has 0 saturated carbocycles. The van der Waals surface area contributed by atoms with Gasteiger partial charge in [0.2, 0.25) is 16.7 Å². The predicted octanol–water partition coefficient (Wildman–Crippen LogP) is 3.39. The Kier molecular flexibility index (Phi) is 15.7. The van der Waals surface area contributed by atoms with Gasteiger partial charge >= 0.3 is 0 Å². The van der Waals surface area contributed by atoms with Crippen LogP contribution in [0.15, 0.2) is 150 Å². The van der Waals surface area contributed by atoms with Crippen molar-refractivity contribution in [3.63, 3.8) is 0 Å². The Bertz CT molecular complexity index is 2630. The fourth-order valence-corrected chi connectivity index (χ4v) is 9.45. The summed E-state index contributed by atoms with van der Waals surface area (Å²) in [5.41, 5.74) is 21.6. The molecule has 60 heavy (non-hydrogen) atoms. The zero-order valence-electron chi connectivity index (χ0n) is 34.8. The van der Waals surface area contributed by atoms with Gasteiger partial charge in [0.15, 0.2) is 12.7 Å². The Labute approximate surface area is 387 Å². The third-order valence-electron chi connectivity index (χ3n) is 11.4. The topological polar surface area (TPSA) is 69.5 Å². The number of halogens is 2. The molecule has 3 heterocycles. The number of hydrogen-bond acceptors (Lipinski definition) is 6. The minimum atomic E-state index is 0. The second-order valence-electron chi connectivity index (χ2n) is 15.6. The number of pyridine rings is 2. The smallest absolute Gasteiger partial charge is 0.220 e. The van der Waals surface area contributed by atoms with Crippen molar-refractivity contribution < 1.29 is 50.1 Å². The van der Waals surface area contributed by atoms with E-state index in [4.69, 9.17) is 11.5 Å². The fourth-order valence-electron chi connectivity index (χ4n) is 8.39. The number of hydrogen-bond donors (Lipinski definition) is 2. The van der Waals surface area contributed by atoms with E-state index in [1.807, 2.05) is 23.9 Å². The molecule has 0 fully saturated rings. The first-order valence-electron chi connectivity index (χ1n) is 20.5. The van der Waals surface area contributed by atoms with E-state index in [1.54, 1.807) is 0 Å². The maximum absolute atomic E-state index is 6.39. The highest BCUT2D eigenvalue weighted by Gasteiger charge is 2.24. The average Bonchev–Trinajstić information content (AvgIpc) is 3.56. The van der Waals surface area contributed by atoms with Gasteiger partial charge in [0.05, 0.1) is 26.9 Å². The molecule has 4 N–H and O–H groups in total. The molecule has 7 nitrogen and oxygen atoms in total. The van der Waals surface area contributed by atoms with Crippen LogP contribution < -0.4 is 66.5 Å². The van der Waals surface area contributed by atoms with Crippen LogP contribution in [0.25, 0.3) is 49.9 Å². The van der Waals surface area contributed by atoms with Gasteiger partial charge in [-0.05, 0) is 99.8 Å². The van der Waals surface area contributed by atoms with Crippen LogP contribution in [0.2, 0.25) is 0 Å². The van der Waals surface area contributed by atoms with Crippen molar-refractivity contribution in [3.05, 3.63) is 150 Å². The van der Waals surface area contributed by atoms with Gasteiger partial charge in [-0.15, -0.1) is 0 Å². The molecular weight excluding hydrogens is 937 g/mol. The van der Waals surface area contributed by atoms with Crippen LogP contribution >= 0.6 is 11.8 Å². The zero-order chi connectivity index (χ0) is 40.0. The Balaban J connectivity index is 0.00000302. The molecule has 310 valence electrons. The summed E-state index contributed by atoms with van der Waals surface area (Å²) in [4.78, 5) is 8.53. The van der Waals surface area contributed by atoms with Gasteiger partial charge in [-0.2, -0.15) is 9.13 Å². The van der Waals surface area contributed by atoms with Crippen molar-refractivity contribution >= 4 is 67.5 Å². The van der Waals surface area contributed by atoms with Crippen LogP contribution in [0, 0.1) is 0 Å². The molecule has 0 saturated heterocycles. The van der Waals surface area contributed by atoms with Crippen molar-refractivity contribution in [1.82, 2.24) is 9.80 Å². The van der Waals surface area contributed by atoms with Crippen molar-refractivity contribution in [2.75, 3.05) is 63.7 Å². The molecule has 0 bridgehead atoms. The monoisotopic (exact) mass is 991 g/mol. The molecule has 0 radical (unpaired) electrons. The molecule has 0 amide bonds. The van der Waals surface area contributed by atoms with E-state index in [1.165, 1.54) is 59.5 Å². The predicted molar refractivity (Wildman–Crippen MR) is 247 cm³/mol. The lowest BCUT2D eigenvalue weighted by atomic mass is 9.98. The van der Waals surface area contributed by atoms with Crippen LogP contribution in [-0.2, 0) is 13.1 Å². The van der Waals surface area contributed by atoms with E-state index in [0.29, 0.717) is 0 Å². The number of nitrogens with zero attached hydrogens (tertiary/aromatic N) is 5. The van der Waals surface area contributed by atoms with Gasteiger partial charge in [0, 0.05) is 78.4 Å². The molecule has 1 aliphatic heterocycles. The first-order valence-corrected chi connectivity index (χ1v) is 21.3. The average molecular weight is 993 g/mol. The Morgan fingerprint density at radius 3 is 2.07 bits per heavy atom. The molecule has 0 spiro atoms. The molecule has 1 aliphatic rings. The largest absolute Gasteiger partial charge is 1.00 e. The summed E-state index contributed by atoms with van der Waals surface area (Å²) in [6, 6.07) is 42.8. The first kappa shape index (κ1) is 45.1. The lowest BCUT2D eigenvalue weighted by Gasteiger charge is -2.20. The molecule has 0 aliphatic carbocycles. The van der Waals surface area contributed by atoms with E-state index in [0.717, 1.165) is 75.4 Å². The Hall–Kier alpha value is -4.46. The van der Waals surface area contributed by atoms with Crippen molar-refractivity contribution in [2.24, 2.45) is 0 Å². The van der Waals surface area contributed by atoms with Crippen LogP contribution in [0.3, 0.4) is 0 Å². The summed E-state index contributed by atoms with van der Waals surface area (Å²) >= 11 is 1.82. The number of para-hydroxylation sites is 2. The maximum Gasteiger partial charge on any atom is 0.220 e. The standard InChI is InChI=1S/C50H54N7S.BrH.HI/c1-53(30-13-32-56-34-27-37(41-18-7-8-19-45(41)56)17-11-22-49-55(3)46-20-9-10-21-48(46)58-49)28-12-29-54(2)31-14-33-57-47-36-40(52)24-26-43(47)42-25-23-39(51)35-44(42)50(57)38-15-5-4-6-16-38;;/h4-11,15-27,34-36,52H,12-14,28-33,51H2,1-3H3;2*1H/q+1;;/p-1. The number of fused-ring (bicyclic) bond motifs is 5. The quantitative estimate of drug-likeness (QED) is 0.0712. The third-order valence-corrected chi connectivity index (χ3v) is 12.6. The second kappa shape index (κ2) is 20.9. The van der Waals surface area contributed by atoms with Gasteiger partial charge in [-0.25, -0.2) is 0 Å². The maximum atomic E-state index is 6.39. The number of anilines is 3. The lowest BCUT2D eigenvalue weighted by Crippen LogP contribution is -3.00. The lowest BCUT2D eigenvalue weighted by molar-refractivity contribution is -0.671. The minimum Gasteiger partial charge on any atom is -1.00 e. The summed E-state index contributed by atoms with van der Waals surface area (Å²) in [5.74, 6) is 0. The number of nitrogen functional groups attached to an aromatic ring is 2. The van der Waals surface area contributed by atoms with Crippen molar-refractivity contribution in [3.8, 4) is 11.3 Å². The number of rotatable bonds is 15. The number of nitrogens with two attached hydrogens (primary N) is 2. The Morgan fingerprint density at radius 1 is 0.650 bits per heavy atom. The van der Waals surface area contributed by atoms with Crippen LogP contribution in [0.4, 0.5) is 17.1 Å². The van der Waals surface area contributed by atoms with Crippen molar-refractivity contribution in [1.29, 1.82) is 0 Å². The van der Waals surface area contributed by atoms with E-state index in [9.17, 15) is 0 Å². The van der Waals surface area contributed by atoms with Crippen LogP contribution in [0.5, 0.6) is 0 Å². The minimum absolute atomic E-state index is 0. The van der Waals surface area contributed by atoms with Gasteiger partial charge in [-0.3, -0.25) is 0 Å². The van der Waals surface area contributed by atoms with E-state index < -0.39 is 0 Å². The summed E-state index contributed by atoms with van der Waals surface area (Å²) in [7, 11) is 6.65. The first-order chi connectivity index (χ1) is 28.3. The molecule has 0 unspecified atom stereocenters. The molecule has 0 atom stereocenters. The summed E-state index contributed by atoms with van der Waals surface area (Å²) in [5, 5.41) is 6.08. The molecule has 5 aromatic carbocycles. The highest BCUT2D eigenvalue weighted by atomic mass is 127. The summed E-state index contributed by atoms with van der Waals surface area (Å²) < 4.78 is 4.87. The van der Waals surface area contributed by atoms with Gasteiger partial charge in [0.1, 0.15) is 6.54 Å². The van der Waals surface area contributed by atoms with Crippen molar-refractivity contribution in [2.45, 2.75) is 37.2 Å². The molecular formula is C50H55BrIN7S. The van der Waals surface area contributed by atoms with Gasteiger partial charge in [0.25, 0.3) is 0 Å². The normalized spacial score (nSPS) is 13.2. The highest BCUT2D eigenvalue weighted by Crippen LogP contribution is 2.44. The van der Waals surface area contributed by atoms with Crippen LogP contribution in [-0.4, -0.2) is 57.1 Å². The highest BCUT2D eigenvalue weighted by molar-refractivity contribution is 8.03. The Morgan fingerprint density at radius 2 is 1.30 bits per heavy atom. The molecule has 10 heteroatoms. The zero-order valence-corrected chi connectivity index (χ0v) is 39.3. The number of aryl methyl sites for hydroxylation is 2. The fraction of sp³-hybridized carbons (Fsp3) is 0.240. The van der Waals surface area contributed by atoms with E-state index in [2.05, 4.69) is 179 Å². The second-order valence-corrected chi connectivity index (χ2v) is 16.7.